The number of ether oxygens (including phenoxy) is 3. The predicted molar refractivity (Wildman–Crippen MR) is 129 cm³/mol. The number of aromatic nitrogens is 1. The summed E-state index contributed by atoms with van der Waals surface area (Å²) in [6.07, 6.45) is 0. The summed E-state index contributed by atoms with van der Waals surface area (Å²) in [6, 6.07) is 22.9. The van der Waals surface area contributed by atoms with Gasteiger partial charge in [-0.25, -0.2) is 4.79 Å². The van der Waals surface area contributed by atoms with Gasteiger partial charge in [0, 0.05) is 0 Å². The molecule has 0 aliphatic rings. The van der Waals surface area contributed by atoms with Crippen LogP contribution in [0.3, 0.4) is 0 Å². The lowest BCUT2D eigenvalue weighted by molar-refractivity contribution is -0.119. The highest BCUT2D eigenvalue weighted by Crippen LogP contribution is 2.29. The van der Waals surface area contributed by atoms with Crippen molar-refractivity contribution in [3.05, 3.63) is 101 Å². The molecule has 35 heavy (non-hydrogen) atoms. The molecule has 0 atom stereocenters. The maximum absolute atomic E-state index is 12.7. The van der Waals surface area contributed by atoms with E-state index in [0.717, 1.165) is 11.3 Å². The van der Waals surface area contributed by atoms with Crippen molar-refractivity contribution < 1.29 is 28.3 Å². The van der Waals surface area contributed by atoms with Gasteiger partial charge in [-0.05, 0) is 50.2 Å². The highest BCUT2D eigenvalue weighted by Gasteiger charge is 2.18. The van der Waals surface area contributed by atoms with Gasteiger partial charge in [-0.3, -0.25) is 4.79 Å². The molecule has 0 unspecified atom stereocenters. The number of esters is 1. The van der Waals surface area contributed by atoms with Crippen molar-refractivity contribution in [3.8, 4) is 17.2 Å². The molecule has 0 spiro atoms. The van der Waals surface area contributed by atoms with Crippen LogP contribution in [0.4, 0.5) is 5.69 Å². The van der Waals surface area contributed by atoms with Crippen molar-refractivity contribution in [2.75, 3.05) is 11.9 Å². The van der Waals surface area contributed by atoms with Gasteiger partial charge in [0.15, 0.2) is 12.4 Å². The molecule has 8 heteroatoms. The Morgan fingerprint density at radius 3 is 2.31 bits per heavy atom. The first-order valence-electron chi connectivity index (χ1n) is 10.9. The Kier molecular flexibility index (Phi) is 7.42. The summed E-state index contributed by atoms with van der Waals surface area (Å²) >= 11 is 0. The third-order valence-electron chi connectivity index (χ3n) is 5.13. The number of carbonyl (C=O) groups excluding carboxylic acids is 2. The molecule has 0 fully saturated rings. The number of anilines is 1. The zero-order chi connectivity index (χ0) is 24.6. The molecular weight excluding hydrogens is 448 g/mol. The molecule has 1 amide bonds. The maximum atomic E-state index is 12.7. The van der Waals surface area contributed by atoms with Crippen molar-refractivity contribution >= 4 is 17.6 Å². The Hall–Kier alpha value is -4.59. The molecule has 1 N–H and O–H groups in total. The zero-order valence-corrected chi connectivity index (χ0v) is 19.3. The van der Waals surface area contributed by atoms with Crippen LogP contribution in [-0.4, -0.2) is 23.6 Å². The lowest BCUT2D eigenvalue weighted by atomic mass is 10.2. The maximum Gasteiger partial charge on any atom is 0.342 e. The van der Waals surface area contributed by atoms with E-state index in [-0.39, 0.29) is 12.2 Å². The minimum atomic E-state index is -0.677. The molecule has 4 aromatic rings. The van der Waals surface area contributed by atoms with Crippen LogP contribution in [0, 0.1) is 13.8 Å². The number of hydrogen-bond donors (Lipinski definition) is 1. The van der Waals surface area contributed by atoms with Crippen LogP contribution >= 0.6 is 0 Å². The van der Waals surface area contributed by atoms with E-state index in [4.69, 9.17) is 18.7 Å². The number of nitrogens with zero attached hydrogens (tertiary/aromatic N) is 1. The standard InChI is InChI=1S/C27H24N2O6/c1-18-22(19(2)35-29-18)16-32-24-14-8-6-12-21(24)27(31)33-17-26(30)28-23-13-7-9-15-25(23)34-20-10-4-3-5-11-20/h3-15H,16-17H2,1-2H3,(H,28,30). The van der Waals surface area contributed by atoms with Crippen molar-refractivity contribution in [2.45, 2.75) is 20.5 Å². The summed E-state index contributed by atoms with van der Waals surface area (Å²) in [5, 5.41) is 6.62. The highest BCUT2D eigenvalue weighted by molar-refractivity contribution is 5.97. The van der Waals surface area contributed by atoms with E-state index >= 15 is 0 Å². The normalized spacial score (nSPS) is 10.5. The molecule has 0 aliphatic carbocycles. The number of carbonyl (C=O) groups is 2. The number of nitrogens with one attached hydrogen (secondary N) is 1. The van der Waals surface area contributed by atoms with Crippen LogP contribution in [-0.2, 0) is 16.1 Å². The minimum Gasteiger partial charge on any atom is -0.488 e. The predicted octanol–water partition coefficient (Wildman–Crippen LogP) is 5.46. The molecule has 8 nitrogen and oxygen atoms in total. The van der Waals surface area contributed by atoms with Gasteiger partial charge in [0.25, 0.3) is 5.91 Å². The molecule has 0 bridgehead atoms. The van der Waals surface area contributed by atoms with Crippen molar-refractivity contribution in [3.63, 3.8) is 0 Å². The number of benzene rings is 3. The minimum absolute atomic E-state index is 0.185. The topological polar surface area (TPSA) is 99.9 Å². The Morgan fingerprint density at radius 2 is 1.57 bits per heavy atom. The molecule has 1 aromatic heterocycles. The van der Waals surface area contributed by atoms with Gasteiger partial charge in [0.2, 0.25) is 0 Å². The van der Waals surface area contributed by atoms with Crippen LogP contribution in [0.1, 0.15) is 27.4 Å². The molecule has 178 valence electrons. The van der Waals surface area contributed by atoms with E-state index < -0.39 is 18.5 Å². The smallest absolute Gasteiger partial charge is 0.342 e. The average molecular weight is 472 g/mol. The number of rotatable bonds is 9. The fraction of sp³-hybridized carbons (Fsp3) is 0.148. The quantitative estimate of drug-likeness (QED) is 0.323. The van der Waals surface area contributed by atoms with Gasteiger partial charge in [-0.15, -0.1) is 0 Å². The summed E-state index contributed by atoms with van der Waals surface area (Å²) < 4.78 is 22.1. The van der Waals surface area contributed by atoms with Gasteiger partial charge >= 0.3 is 5.97 Å². The lowest BCUT2D eigenvalue weighted by Gasteiger charge is -2.13. The summed E-state index contributed by atoms with van der Waals surface area (Å²) in [4.78, 5) is 25.2. The fourth-order valence-corrected chi connectivity index (χ4v) is 3.29. The number of amides is 1. The highest BCUT2D eigenvalue weighted by atomic mass is 16.5. The first-order chi connectivity index (χ1) is 17.0. The van der Waals surface area contributed by atoms with Gasteiger partial charge in [0.05, 0.1) is 16.9 Å². The average Bonchev–Trinajstić information content (AvgIpc) is 3.20. The first kappa shape index (κ1) is 23.6. The molecule has 0 aliphatic heterocycles. The second-order valence-corrected chi connectivity index (χ2v) is 7.62. The molecular formula is C27H24N2O6. The molecule has 3 aromatic carbocycles. The number of hydrogen-bond acceptors (Lipinski definition) is 7. The van der Waals surface area contributed by atoms with Crippen LogP contribution < -0.4 is 14.8 Å². The molecule has 0 radical (unpaired) electrons. The van der Waals surface area contributed by atoms with Crippen LogP contribution in [0.25, 0.3) is 0 Å². The van der Waals surface area contributed by atoms with E-state index in [1.54, 1.807) is 55.5 Å². The van der Waals surface area contributed by atoms with Gasteiger partial charge in [-0.1, -0.05) is 47.6 Å². The number of para-hydroxylation sites is 4. The molecule has 1 heterocycles. The SMILES string of the molecule is Cc1noc(C)c1COc1ccccc1C(=O)OCC(=O)Nc1ccccc1Oc1ccccc1. The second-order valence-electron chi connectivity index (χ2n) is 7.62. The molecule has 0 saturated carbocycles. The molecule has 0 saturated heterocycles. The van der Waals surface area contributed by atoms with Crippen LogP contribution in [0.15, 0.2) is 83.4 Å². The van der Waals surface area contributed by atoms with E-state index in [0.29, 0.717) is 28.7 Å². The summed E-state index contributed by atoms with van der Waals surface area (Å²) in [5.41, 5.74) is 2.19. The largest absolute Gasteiger partial charge is 0.488 e. The third-order valence-corrected chi connectivity index (χ3v) is 5.13. The Labute approximate surface area is 202 Å². The summed E-state index contributed by atoms with van der Waals surface area (Å²) in [6.45, 7) is 3.32. The van der Waals surface area contributed by atoms with E-state index in [1.807, 2.05) is 37.3 Å². The van der Waals surface area contributed by atoms with Crippen molar-refractivity contribution in [1.82, 2.24) is 5.16 Å². The zero-order valence-electron chi connectivity index (χ0n) is 19.3. The fourth-order valence-electron chi connectivity index (χ4n) is 3.29. The van der Waals surface area contributed by atoms with E-state index in [1.165, 1.54) is 0 Å². The molecule has 4 rings (SSSR count). The van der Waals surface area contributed by atoms with E-state index in [2.05, 4.69) is 10.5 Å². The Balaban J connectivity index is 1.36. The lowest BCUT2D eigenvalue weighted by Crippen LogP contribution is -2.21. The van der Waals surface area contributed by atoms with Gasteiger partial charge in [-0.2, -0.15) is 0 Å². The van der Waals surface area contributed by atoms with Crippen LogP contribution in [0.5, 0.6) is 17.2 Å². The Morgan fingerprint density at radius 1 is 0.886 bits per heavy atom. The third kappa shape index (κ3) is 6.05. The first-order valence-corrected chi connectivity index (χ1v) is 10.9. The van der Waals surface area contributed by atoms with Crippen molar-refractivity contribution in [2.24, 2.45) is 0 Å². The van der Waals surface area contributed by atoms with Crippen LogP contribution in [0.2, 0.25) is 0 Å². The summed E-state index contributed by atoms with van der Waals surface area (Å²) in [5.74, 6) is 0.903. The van der Waals surface area contributed by atoms with Gasteiger partial charge in [0.1, 0.15) is 29.4 Å². The monoisotopic (exact) mass is 472 g/mol. The Bertz CT molecular complexity index is 1300. The van der Waals surface area contributed by atoms with Gasteiger partial charge < -0.3 is 24.1 Å². The van der Waals surface area contributed by atoms with Crippen molar-refractivity contribution in [1.29, 1.82) is 0 Å². The number of aryl methyl sites for hydroxylation is 2. The summed E-state index contributed by atoms with van der Waals surface area (Å²) in [7, 11) is 0. The second kappa shape index (κ2) is 11.0. The van der Waals surface area contributed by atoms with E-state index in [9.17, 15) is 9.59 Å².